The van der Waals surface area contributed by atoms with Crippen LogP contribution in [0.1, 0.15) is 46.0 Å². The van der Waals surface area contributed by atoms with Crippen LogP contribution in [0.5, 0.6) is 0 Å². The second-order valence-electron chi connectivity index (χ2n) is 7.08. The molecule has 0 aromatic rings. The Hall–Kier alpha value is -0.330. The Kier molecular flexibility index (Phi) is 5.45. The third kappa shape index (κ3) is 3.44. The van der Waals surface area contributed by atoms with Crippen LogP contribution in [0.4, 0.5) is 0 Å². The number of halogens is 1. The molecule has 4 unspecified atom stereocenters. The summed E-state index contributed by atoms with van der Waals surface area (Å²) in [5.74, 6) is 0.731. The van der Waals surface area contributed by atoms with Crippen molar-refractivity contribution in [3.05, 3.63) is 0 Å². The number of carbonyl (C=O) groups excluding carboxylic acids is 1. The van der Waals surface area contributed by atoms with Crippen LogP contribution in [0, 0.1) is 5.92 Å². The first-order chi connectivity index (χ1) is 9.87. The quantitative estimate of drug-likeness (QED) is 0.816. The van der Waals surface area contributed by atoms with Crippen molar-refractivity contribution < 1.29 is 13.2 Å². The highest BCUT2D eigenvalue weighted by Gasteiger charge is 2.40. The number of nitrogens with one attached hydrogen (secondary N) is 1. The maximum atomic E-state index is 12.6. The summed E-state index contributed by atoms with van der Waals surface area (Å²) < 4.78 is 23.8. The van der Waals surface area contributed by atoms with Gasteiger partial charge in [-0.2, -0.15) is 0 Å². The second-order valence-corrected chi connectivity index (χ2v) is 9.56. The molecule has 3 rings (SSSR count). The Morgan fingerprint density at radius 1 is 1.18 bits per heavy atom. The van der Waals surface area contributed by atoms with Crippen molar-refractivity contribution in [2.24, 2.45) is 5.92 Å². The van der Waals surface area contributed by atoms with Crippen LogP contribution in [0.15, 0.2) is 0 Å². The largest absolute Gasteiger partial charge is 0.338 e. The van der Waals surface area contributed by atoms with Gasteiger partial charge in [0.15, 0.2) is 9.84 Å². The summed E-state index contributed by atoms with van der Waals surface area (Å²) in [7, 11) is -3.02. The molecule has 3 saturated heterocycles. The number of hydrogen-bond donors (Lipinski definition) is 1. The maximum Gasteiger partial charge on any atom is 0.223 e. The van der Waals surface area contributed by atoms with E-state index in [-0.39, 0.29) is 30.1 Å². The molecule has 7 heteroatoms. The first-order valence-corrected chi connectivity index (χ1v) is 9.85. The zero-order valence-electron chi connectivity index (χ0n) is 13.3. The number of carbonyl (C=O) groups is 1. The van der Waals surface area contributed by atoms with E-state index in [0.717, 1.165) is 12.8 Å². The predicted octanol–water partition coefficient (Wildman–Crippen LogP) is 1.36. The Morgan fingerprint density at radius 2 is 1.77 bits per heavy atom. The molecular weight excluding hydrogens is 324 g/mol. The summed E-state index contributed by atoms with van der Waals surface area (Å²) in [6, 6.07) is 0.994. The smallest absolute Gasteiger partial charge is 0.223 e. The Labute approximate surface area is 139 Å². The number of rotatable bonds is 2. The van der Waals surface area contributed by atoms with E-state index in [9.17, 15) is 13.2 Å². The lowest BCUT2D eigenvalue weighted by Crippen LogP contribution is -2.54. The van der Waals surface area contributed by atoms with E-state index in [2.05, 4.69) is 5.32 Å². The van der Waals surface area contributed by atoms with Gasteiger partial charge in [0.2, 0.25) is 5.91 Å². The summed E-state index contributed by atoms with van der Waals surface area (Å²) in [5, 5.41) is 3.15. The van der Waals surface area contributed by atoms with E-state index in [0.29, 0.717) is 31.0 Å². The summed E-state index contributed by atoms with van der Waals surface area (Å²) in [5.41, 5.74) is 0. The Morgan fingerprint density at radius 3 is 2.36 bits per heavy atom. The zero-order valence-corrected chi connectivity index (χ0v) is 15.0. The Balaban J connectivity index is 0.00000176. The van der Waals surface area contributed by atoms with E-state index in [4.69, 9.17) is 0 Å². The van der Waals surface area contributed by atoms with Gasteiger partial charge in [-0.15, -0.1) is 12.4 Å². The van der Waals surface area contributed by atoms with E-state index < -0.39 is 15.1 Å². The lowest BCUT2D eigenvalue weighted by Gasteiger charge is -2.39. The van der Waals surface area contributed by atoms with E-state index >= 15 is 0 Å². The molecule has 3 aliphatic rings. The van der Waals surface area contributed by atoms with Crippen LogP contribution in [0.3, 0.4) is 0 Å². The van der Waals surface area contributed by atoms with Crippen molar-refractivity contribution in [3.63, 3.8) is 0 Å². The molecule has 3 aliphatic heterocycles. The highest BCUT2D eigenvalue weighted by atomic mass is 35.5. The molecular formula is C15H27ClN2O3S. The first kappa shape index (κ1) is 18.0. The molecule has 128 valence electrons. The molecule has 0 aromatic carbocycles. The van der Waals surface area contributed by atoms with Crippen LogP contribution >= 0.6 is 12.4 Å². The number of fused-ring (bicyclic) bond motifs is 2. The van der Waals surface area contributed by atoms with Crippen molar-refractivity contribution in [2.75, 3.05) is 12.3 Å². The number of amides is 1. The highest BCUT2D eigenvalue weighted by Crippen LogP contribution is 2.33. The minimum atomic E-state index is -3.02. The van der Waals surface area contributed by atoms with Crippen molar-refractivity contribution >= 4 is 28.2 Å². The molecule has 3 heterocycles. The molecule has 2 bridgehead atoms. The molecule has 4 atom stereocenters. The summed E-state index contributed by atoms with van der Waals surface area (Å²) in [6.07, 6.45) is 5.26. The van der Waals surface area contributed by atoms with Crippen LogP contribution in [-0.2, 0) is 14.6 Å². The molecule has 0 radical (unpaired) electrons. The van der Waals surface area contributed by atoms with Gasteiger partial charge < -0.3 is 10.2 Å². The molecule has 0 aromatic heterocycles. The Bertz CT molecular complexity index is 513. The normalized spacial score (nSPS) is 40.1. The number of sulfone groups is 1. The number of piperidine rings is 1. The standard InChI is InChI=1S/C15H26N2O3S.ClH/c1-10-11(2)21(19,20)6-5-17(10)15(18)9-12-7-13-3-4-14(8-12)16-13;/h10-14,16H,3-9H2,1-2H3;1H. The van der Waals surface area contributed by atoms with Crippen molar-refractivity contribution in [1.82, 2.24) is 10.2 Å². The van der Waals surface area contributed by atoms with Gasteiger partial charge in [-0.1, -0.05) is 0 Å². The molecule has 22 heavy (non-hydrogen) atoms. The van der Waals surface area contributed by atoms with Gasteiger partial charge in [-0.25, -0.2) is 8.42 Å². The van der Waals surface area contributed by atoms with Gasteiger partial charge in [0.05, 0.1) is 11.0 Å². The summed E-state index contributed by atoms with van der Waals surface area (Å²) >= 11 is 0. The molecule has 0 saturated carbocycles. The SMILES string of the molecule is CC1C(C)S(=O)(=O)CCN1C(=O)CC1CC2CCC(C1)N2.Cl. The summed E-state index contributed by atoms with van der Waals surface area (Å²) in [4.78, 5) is 14.4. The number of nitrogens with zero attached hydrogens (tertiary/aromatic N) is 1. The van der Waals surface area contributed by atoms with Gasteiger partial charge >= 0.3 is 0 Å². The molecule has 5 nitrogen and oxygen atoms in total. The van der Waals surface area contributed by atoms with E-state index in [1.54, 1.807) is 11.8 Å². The zero-order chi connectivity index (χ0) is 15.2. The highest BCUT2D eigenvalue weighted by molar-refractivity contribution is 7.92. The van der Waals surface area contributed by atoms with E-state index in [1.165, 1.54) is 12.8 Å². The molecule has 3 fully saturated rings. The maximum absolute atomic E-state index is 12.6. The van der Waals surface area contributed by atoms with Crippen LogP contribution in [0.2, 0.25) is 0 Å². The van der Waals surface area contributed by atoms with Gasteiger partial charge in [0.1, 0.15) is 0 Å². The fourth-order valence-electron chi connectivity index (χ4n) is 4.23. The average Bonchev–Trinajstić information content (AvgIpc) is 2.75. The fraction of sp³-hybridized carbons (Fsp3) is 0.933. The third-order valence-electron chi connectivity index (χ3n) is 5.71. The van der Waals surface area contributed by atoms with Gasteiger partial charge in [0.25, 0.3) is 0 Å². The van der Waals surface area contributed by atoms with Gasteiger partial charge in [-0.05, 0) is 45.4 Å². The summed E-state index contributed by atoms with van der Waals surface area (Å²) in [6.45, 7) is 3.96. The monoisotopic (exact) mass is 350 g/mol. The predicted molar refractivity (Wildman–Crippen MR) is 89.0 cm³/mol. The fourth-order valence-corrected chi connectivity index (χ4v) is 5.80. The average molecular weight is 351 g/mol. The van der Waals surface area contributed by atoms with E-state index in [1.807, 2.05) is 6.92 Å². The topological polar surface area (TPSA) is 66.5 Å². The lowest BCUT2D eigenvalue weighted by atomic mass is 9.89. The van der Waals surface area contributed by atoms with Gasteiger partial charge in [-0.3, -0.25) is 4.79 Å². The minimum Gasteiger partial charge on any atom is -0.338 e. The third-order valence-corrected chi connectivity index (χ3v) is 7.99. The first-order valence-electron chi connectivity index (χ1n) is 8.14. The lowest BCUT2D eigenvalue weighted by molar-refractivity contribution is -0.134. The molecule has 0 spiro atoms. The van der Waals surface area contributed by atoms with Crippen LogP contribution in [0.25, 0.3) is 0 Å². The van der Waals surface area contributed by atoms with Crippen molar-refractivity contribution in [1.29, 1.82) is 0 Å². The van der Waals surface area contributed by atoms with Crippen molar-refractivity contribution in [2.45, 2.75) is 69.3 Å². The van der Waals surface area contributed by atoms with Gasteiger partial charge in [0, 0.05) is 31.1 Å². The molecule has 1 amide bonds. The van der Waals surface area contributed by atoms with Crippen LogP contribution < -0.4 is 5.32 Å². The minimum absolute atomic E-state index is 0. The second kappa shape index (κ2) is 6.65. The number of hydrogen-bond acceptors (Lipinski definition) is 4. The van der Waals surface area contributed by atoms with Crippen molar-refractivity contribution in [3.8, 4) is 0 Å². The molecule has 1 N–H and O–H groups in total. The van der Waals surface area contributed by atoms with Crippen LogP contribution in [-0.4, -0.2) is 54.9 Å². The molecule has 0 aliphatic carbocycles.